The fourth-order valence-electron chi connectivity index (χ4n) is 2.07. The van der Waals surface area contributed by atoms with Crippen molar-refractivity contribution in [1.29, 1.82) is 0 Å². The molecule has 1 heterocycles. The highest BCUT2D eigenvalue weighted by atomic mass is 32.1. The van der Waals surface area contributed by atoms with Gasteiger partial charge in [0, 0.05) is 21.7 Å². The first-order valence-electron chi connectivity index (χ1n) is 6.86. The van der Waals surface area contributed by atoms with Crippen LogP contribution in [0.2, 0.25) is 0 Å². The van der Waals surface area contributed by atoms with Crippen LogP contribution in [0.5, 0.6) is 0 Å². The second kappa shape index (κ2) is 6.83. The van der Waals surface area contributed by atoms with E-state index in [1.807, 2.05) is 66.1 Å². The minimum atomic E-state index is -0.193. The van der Waals surface area contributed by atoms with Crippen LogP contribution in [0.3, 0.4) is 0 Å². The molecule has 3 rings (SSSR count). The molecule has 2 aromatic carbocycles. The Morgan fingerprint density at radius 1 is 1.05 bits per heavy atom. The lowest BCUT2D eigenvalue weighted by Gasteiger charge is -1.97. The summed E-state index contributed by atoms with van der Waals surface area (Å²) in [5.74, 6) is -0.193. The molecule has 0 atom stereocenters. The van der Waals surface area contributed by atoms with Gasteiger partial charge in [0.15, 0.2) is 0 Å². The summed E-state index contributed by atoms with van der Waals surface area (Å²) in [6.45, 7) is 0. The van der Waals surface area contributed by atoms with E-state index < -0.39 is 0 Å². The number of hydrazone groups is 1. The predicted molar refractivity (Wildman–Crippen MR) is 93.3 cm³/mol. The summed E-state index contributed by atoms with van der Waals surface area (Å²) in [6.07, 6.45) is 5.29. The normalized spacial score (nSPS) is 11.5. The van der Waals surface area contributed by atoms with Gasteiger partial charge < -0.3 is 0 Å². The molecule has 0 bridgehead atoms. The van der Waals surface area contributed by atoms with Gasteiger partial charge in [0.25, 0.3) is 5.91 Å². The Bertz CT molecular complexity index is 834. The van der Waals surface area contributed by atoms with Crippen LogP contribution in [-0.2, 0) is 0 Å². The number of amides is 1. The molecule has 0 saturated heterocycles. The molecule has 1 N–H and O–H groups in total. The first-order valence-corrected chi connectivity index (χ1v) is 7.74. The molecule has 0 aliphatic heterocycles. The molecule has 22 heavy (non-hydrogen) atoms. The van der Waals surface area contributed by atoms with Crippen LogP contribution in [0.4, 0.5) is 0 Å². The van der Waals surface area contributed by atoms with Crippen molar-refractivity contribution >= 4 is 39.6 Å². The number of nitrogens with zero attached hydrogens (tertiary/aromatic N) is 1. The van der Waals surface area contributed by atoms with Crippen molar-refractivity contribution in [2.75, 3.05) is 0 Å². The maximum Gasteiger partial charge on any atom is 0.272 e. The number of thiophene rings is 1. The van der Waals surface area contributed by atoms with Gasteiger partial charge >= 0.3 is 0 Å². The van der Waals surface area contributed by atoms with E-state index in [1.54, 1.807) is 23.6 Å². The Morgan fingerprint density at radius 3 is 2.68 bits per heavy atom. The summed E-state index contributed by atoms with van der Waals surface area (Å²) < 4.78 is 1.10. The highest BCUT2D eigenvalue weighted by Gasteiger charge is 2.10. The summed E-state index contributed by atoms with van der Waals surface area (Å²) in [4.78, 5) is 12.1. The van der Waals surface area contributed by atoms with Gasteiger partial charge in [0.2, 0.25) is 0 Å². The van der Waals surface area contributed by atoms with E-state index in [4.69, 9.17) is 0 Å². The molecule has 108 valence electrons. The Kier molecular flexibility index (Phi) is 4.41. The molecule has 0 unspecified atom stereocenters. The number of rotatable bonds is 4. The van der Waals surface area contributed by atoms with E-state index >= 15 is 0 Å². The maximum absolute atomic E-state index is 12.1. The molecule has 0 radical (unpaired) electrons. The molecule has 4 heteroatoms. The maximum atomic E-state index is 12.1. The van der Waals surface area contributed by atoms with Crippen LogP contribution in [0.1, 0.15) is 15.9 Å². The van der Waals surface area contributed by atoms with Gasteiger partial charge in [-0.25, -0.2) is 5.43 Å². The number of nitrogens with one attached hydrogen (secondary N) is 1. The van der Waals surface area contributed by atoms with Crippen LogP contribution < -0.4 is 5.43 Å². The summed E-state index contributed by atoms with van der Waals surface area (Å²) in [5, 5.41) is 6.76. The number of hydrogen-bond donors (Lipinski definition) is 1. The zero-order valence-corrected chi connectivity index (χ0v) is 12.6. The molecule has 0 aliphatic rings. The van der Waals surface area contributed by atoms with Crippen molar-refractivity contribution in [2.24, 2.45) is 5.10 Å². The SMILES string of the molecule is O=C(N/N=C/C=C/c1ccccc1)c1csc2ccccc12. The lowest BCUT2D eigenvalue weighted by atomic mass is 10.2. The van der Waals surface area contributed by atoms with E-state index in [1.165, 1.54) is 0 Å². The topological polar surface area (TPSA) is 41.5 Å². The van der Waals surface area contributed by atoms with Crippen molar-refractivity contribution in [3.63, 3.8) is 0 Å². The Balaban J connectivity index is 1.63. The Labute approximate surface area is 132 Å². The average molecular weight is 306 g/mol. The van der Waals surface area contributed by atoms with Crippen LogP contribution in [0, 0.1) is 0 Å². The Hall–Kier alpha value is -2.72. The van der Waals surface area contributed by atoms with Crippen LogP contribution in [0.25, 0.3) is 16.2 Å². The lowest BCUT2D eigenvalue weighted by molar-refractivity contribution is 0.0957. The molecule has 3 nitrogen and oxygen atoms in total. The van der Waals surface area contributed by atoms with Gasteiger partial charge in [-0.05, 0) is 17.7 Å². The lowest BCUT2D eigenvalue weighted by Crippen LogP contribution is -2.16. The van der Waals surface area contributed by atoms with Gasteiger partial charge in [-0.1, -0.05) is 54.6 Å². The van der Waals surface area contributed by atoms with E-state index in [0.29, 0.717) is 5.56 Å². The number of benzene rings is 2. The number of carbonyl (C=O) groups excluding carboxylic acids is 1. The van der Waals surface area contributed by atoms with Gasteiger partial charge in [0.1, 0.15) is 0 Å². The third kappa shape index (κ3) is 3.30. The van der Waals surface area contributed by atoms with Crippen LogP contribution >= 0.6 is 11.3 Å². The van der Waals surface area contributed by atoms with E-state index in [-0.39, 0.29) is 5.91 Å². The molecule has 0 saturated carbocycles. The number of carbonyl (C=O) groups is 1. The van der Waals surface area contributed by atoms with E-state index in [9.17, 15) is 4.79 Å². The summed E-state index contributed by atoms with van der Waals surface area (Å²) in [7, 11) is 0. The molecule has 3 aromatic rings. The second-order valence-corrected chi connectivity index (χ2v) is 5.55. The van der Waals surface area contributed by atoms with Crippen LogP contribution in [0.15, 0.2) is 71.2 Å². The molecule has 0 aliphatic carbocycles. The Morgan fingerprint density at radius 2 is 1.82 bits per heavy atom. The van der Waals surface area contributed by atoms with Gasteiger partial charge in [-0.2, -0.15) is 5.10 Å². The number of fused-ring (bicyclic) bond motifs is 1. The molecule has 0 spiro atoms. The molecular formula is C18H14N2OS. The van der Waals surface area contributed by atoms with Crippen LogP contribution in [-0.4, -0.2) is 12.1 Å². The fraction of sp³-hybridized carbons (Fsp3) is 0. The summed E-state index contributed by atoms with van der Waals surface area (Å²) >= 11 is 1.56. The molecular weight excluding hydrogens is 292 g/mol. The molecule has 1 amide bonds. The first-order chi connectivity index (χ1) is 10.8. The van der Waals surface area contributed by atoms with Crippen molar-refractivity contribution in [1.82, 2.24) is 5.43 Å². The van der Waals surface area contributed by atoms with Gasteiger partial charge in [-0.3, -0.25) is 4.79 Å². The van der Waals surface area contributed by atoms with Gasteiger partial charge in [-0.15, -0.1) is 11.3 Å². The second-order valence-electron chi connectivity index (χ2n) is 4.63. The number of allylic oxidation sites excluding steroid dienone is 1. The molecule has 1 aromatic heterocycles. The minimum absolute atomic E-state index is 0.193. The summed E-state index contributed by atoms with van der Waals surface area (Å²) in [6, 6.07) is 17.8. The zero-order chi connectivity index (χ0) is 15.2. The van der Waals surface area contributed by atoms with Crippen molar-refractivity contribution in [3.05, 3.63) is 77.2 Å². The fourth-order valence-corrected chi connectivity index (χ4v) is 3.01. The van der Waals surface area contributed by atoms with Crippen molar-refractivity contribution in [3.8, 4) is 0 Å². The standard InChI is InChI=1S/C18H14N2OS/c21-18(16-13-22-17-11-5-4-10-15(16)17)20-19-12-6-9-14-7-2-1-3-8-14/h1-13H,(H,20,21)/b9-6+,19-12+. The largest absolute Gasteiger partial charge is 0.272 e. The smallest absolute Gasteiger partial charge is 0.267 e. The summed E-state index contributed by atoms with van der Waals surface area (Å²) in [5.41, 5.74) is 4.29. The van der Waals surface area contributed by atoms with E-state index in [2.05, 4.69) is 10.5 Å². The minimum Gasteiger partial charge on any atom is -0.267 e. The average Bonchev–Trinajstić information content (AvgIpc) is 2.99. The number of hydrogen-bond acceptors (Lipinski definition) is 3. The quantitative estimate of drug-likeness (QED) is 0.565. The molecule has 0 fully saturated rings. The van der Waals surface area contributed by atoms with E-state index in [0.717, 1.165) is 15.6 Å². The van der Waals surface area contributed by atoms with Crippen molar-refractivity contribution < 1.29 is 4.79 Å². The van der Waals surface area contributed by atoms with Crippen molar-refractivity contribution in [2.45, 2.75) is 0 Å². The third-order valence-electron chi connectivity index (χ3n) is 3.14. The monoisotopic (exact) mass is 306 g/mol. The third-order valence-corrected chi connectivity index (χ3v) is 4.10. The van der Waals surface area contributed by atoms with Gasteiger partial charge in [0.05, 0.1) is 5.56 Å². The zero-order valence-electron chi connectivity index (χ0n) is 11.8. The highest BCUT2D eigenvalue weighted by Crippen LogP contribution is 2.25. The highest BCUT2D eigenvalue weighted by molar-refractivity contribution is 7.17. The predicted octanol–water partition coefficient (Wildman–Crippen LogP) is 4.33. The first kappa shape index (κ1) is 14.2.